The third-order valence-electron chi connectivity index (χ3n) is 4.07. The van der Waals surface area contributed by atoms with Gasteiger partial charge in [-0.3, -0.25) is 4.90 Å². The number of nitrogens with zero attached hydrogens (tertiary/aromatic N) is 3. The number of likely N-dealkylation sites (tertiary alicyclic amines) is 1. The van der Waals surface area contributed by atoms with Gasteiger partial charge in [0.05, 0.1) is 6.54 Å². The molecule has 1 atom stereocenters. The minimum Gasteiger partial charge on any atom is -0.343 e. The van der Waals surface area contributed by atoms with Gasteiger partial charge in [-0.25, -0.2) is 0 Å². The SMILES string of the molecule is c1nc(CN2CCCC3(CCCNC3)C2)no1. The van der Waals surface area contributed by atoms with Crippen molar-refractivity contribution in [3.05, 3.63) is 12.2 Å². The third kappa shape index (κ3) is 2.50. The Kier molecular flexibility index (Phi) is 3.11. The van der Waals surface area contributed by atoms with Crippen LogP contribution in [-0.2, 0) is 6.54 Å². The highest BCUT2D eigenvalue weighted by molar-refractivity contribution is 4.92. The van der Waals surface area contributed by atoms with E-state index in [-0.39, 0.29) is 0 Å². The Hall–Kier alpha value is -0.940. The first-order chi connectivity index (χ1) is 8.36. The average molecular weight is 236 g/mol. The molecule has 0 bridgehead atoms. The second kappa shape index (κ2) is 4.74. The van der Waals surface area contributed by atoms with Crippen molar-refractivity contribution in [3.8, 4) is 0 Å². The van der Waals surface area contributed by atoms with Crippen LogP contribution in [0, 0.1) is 5.41 Å². The van der Waals surface area contributed by atoms with E-state index in [0.29, 0.717) is 5.41 Å². The lowest BCUT2D eigenvalue weighted by Crippen LogP contribution is -2.50. The molecule has 3 heterocycles. The Balaban J connectivity index is 1.62. The van der Waals surface area contributed by atoms with E-state index in [1.54, 1.807) is 0 Å². The summed E-state index contributed by atoms with van der Waals surface area (Å²) in [5.41, 5.74) is 0.500. The minimum absolute atomic E-state index is 0.500. The molecule has 1 unspecified atom stereocenters. The van der Waals surface area contributed by atoms with E-state index in [1.807, 2.05) is 0 Å². The Labute approximate surface area is 102 Å². The van der Waals surface area contributed by atoms with E-state index in [2.05, 4.69) is 20.4 Å². The summed E-state index contributed by atoms with van der Waals surface area (Å²) >= 11 is 0. The van der Waals surface area contributed by atoms with Gasteiger partial charge in [0.15, 0.2) is 5.82 Å². The van der Waals surface area contributed by atoms with E-state index in [9.17, 15) is 0 Å². The average Bonchev–Trinajstić information content (AvgIpc) is 2.83. The van der Waals surface area contributed by atoms with Crippen molar-refractivity contribution in [2.24, 2.45) is 5.41 Å². The molecule has 0 saturated carbocycles. The van der Waals surface area contributed by atoms with Crippen molar-refractivity contribution in [2.75, 3.05) is 26.2 Å². The molecule has 5 nitrogen and oxygen atoms in total. The van der Waals surface area contributed by atoms with Gasteiger partial charge in [0.1, 0.15) is 0 Å². The number of rotatable bonds is 2. The van der Waals surface area contributed by atoms with Gasteiger partial charge in [0.2, 0.25) is 6.39 Å². The Morgan fingerprint density at radius 2 is 2.35 bits per heavy atom. The summed E-state index contributed by atoms with van der Waals surface area (Å²) in [5, 5.41) is 7.45. The minimum atomic E-state index is 0.500. The second-order valence-electron chi connectivity index (χ2n) is 5.44. The zero-order valence-electron chi connectivity index (χ0n) is 10.2. The highest BCUT2D eigenvalue weighted by atomic mass is 16.5. The van der Waals surface area contributed by atoms with Crippen LogP contribution in [-0.4, -0.2) is 41.2 Å². The predicted molar refractivity (Wildman–Crippen MR) is 63.3 cm³/mol. The highest BCUT2D eigenvalue weighted by Gasteiger charge is 2.36. The molecule has 1 aromatic rings. The molecule has 1 spiro atoms. The summed E-state index contributed by atoms with van der Waals surface area (Å²) < 4.78 is 4.79. The fourth-order valence-corrected chi connectivity index (χ4v) is 3.29. The number of hydrogen-bond acceptors (Lipinski definition) is 5. The van der Waals surface area contributed by atoms with Gasteiger partial charge >= 0.3 is 0 Å². The Morgan fingerprint density at radius 3 is 3.12 bits per heavy atom. The van der Waals surface area contributed by atoms with Crippen LogP contribution in [0.1, 0.15) is 31.5 Å². The first kappa shape index (κ1) is 11.2. The summed E-state index contributed by atoms with van der Waals surface area (Å²) in [7, 11) is 0. The summed E-state index contributed by atoms with van der Waals surface area (Å²) in [4.78, 5) is 6.58. The fourth-order valence-electron chi connectivity index (χ4n) is 3.29. The van der Waals surface area contributed by atoms with Crippen LogP contribution in [0.15, 0.2) is 10.9 Å². The van der Waals surface area contributed by atoms with Crippen molar-refractivity contribution in [1.82, 2.24) is 20.4 Å². The lowest BCUT2D eigenvalue weighted by molar-refractivity contribution is 0.0581. The van der Waals surface area contributed by atoms with Crippen molar-refractivity contribution in [3.63, 3.8) is 0 Å². The molecule has 0 amide bonds. The van der Waals surface area contributed by atoms with Crippen LogP contribution >= 0.6 is 0 Å². The van der Waals surface area contributed by atoms with Crippen LogP contribution in [0.3, 0.4) is 0 Å². The van der Waals surface area contributed by atoms with Crippen LogP contribution < -0.4 is 5.32 Å². The standard InChI is InChI=1S/C12H20N4O/c1-3-12(8-13-5-1)4-2-6-16(9-12)7-11-14-10-17-15-11/h10,13H,1-9H2. The molecule has 94 valence electrons. The zero-order valence-corrected chi connectivity index (χ0v) is 10.2. The summed E-state index contributed by atoms with van der Waals surface area (Å²) in [5.74, 6) is 0.811. The molecule has 2 aliphatic heterocycles. The maximum Gasteiger partial charge on any atom is 0.213 e. The first-order valence-corrected chi connectivity index (χ1v) is 6.55. The zero-order chi connectivity index (χ0) is 11.6. The Bertz CT molecular complexity index is 340. The van der Waals surface area contributed by atoms with Gasteiger partial charge in [-0.15, -0.1) is 0 Å². The molecular weight excluding hydrogens is 216 g/mol. The maximum atomic E-state index is 4.79. The molecule has 0 aliphatic carbocycles. The van der Waals surface area contributed by atoms with Gasteiger partial charge in [-0.2, -0.15) is 4.98 Å². The van der Waals surface area contributed by atoms with Gasteiger partial charge < -0.3 is 9.84 Å². The number of aromatic nitrogens is 2. The number of nitrogens with one attached hydrogen (secondary N) is 1. The van der Waals surface area contributed by atoms with Crippen molar-refractivity contribution < 1.29 is 4.52 Å². The molecule has 17 heavy (non-hydrogen) atoms. The smallest absolute Gasteiger partial charge is 0.213 e. The molecule has 0 aromatic carbocycles. The van der Waals surface area contributed by atoms with E-state index in [1.165, 1.54) is 51.7 Å². The van der Waals surface area contributed by atoms with Crippen molar-refractivity contribution in [1.29, 1.82) is 0 Å². The van der Waals surface area contributed by atoms with Gasteiger partial charge in [-0.1, -0.05) is 5.16 Å². The molecule has 2 aliphatic rings. The second-order valence-corrected chi connectivity index (χ2v) is 5.44. The van der Waals surface area contributed by atoms with Gasteiger partial charge in [-0.05, 0) is 44.2 Å². The summed E-state index contributed by atoms with van der Waals surface area (Å²) in [6.45, 7) is 5.53. The molecule has 1 N–H and O–H groups in total. The van der Waals surface area contributed by atoms with Crippen LogP contribution in [0.2, 0.25) is 0 Å². The molecule has 3 rings (SSSR count). The lowest BCUT2D eigenvalue weighted by atomic mass is 9.74. The molecule has 2 saturated heterocycles. The lowest BCUT2D eigenvalue weighted by Gasteiger charge is -2.45. The molecular formula is C12H20N4O. The van der Waals surface area contributed by atoms with Crippen molar-refractivity contribution >= 4 is 0 Å². The van der Waals surface area contributed by atoms with Gasteiger partial charge in [0.25, 0.3) is 0 Å². The quantitative estimate of drug-likeness (QED) is 0.831. The third-order valence-corrected chi connectivity index (χ3v) is 4.07. The topological polar surface area (TPSA) is 54.2 Å². The first-order valence-electron chi connectivity index (χ1n) is 6.55. The van der Waals surface area contributed by atoms with Crippen LogP contribution in [0.4, 0.5) is 0 Å². The van der Waals surface area contributed by atoms with E-state index >= 15 is 0 Å². The highest BCUT2D eigenvalue weighted by Crippen LogP contribution is 2.36. The van der Waals surface area contributed by atoms with Crippen molar-refractivity contribution in [2.45, 2.75) is 32.2 Å². The summed E-state index contributed by atoms with van der Waals surface area (Å²) in [6.07, 6.45) is 6.75. The Morgan fingerprint density at radius 1 is 1.41 bits per heavy atom. The normalized spacial score (nSPS) is 30.8. The molecule has 2 fully saturated rings. The largest absolute Gasteiger partial charge is 0.343 e. The van der Waals surface area contributed by atoms with E-state index < -0.39 is 0 Å². The molecule has 0 radical (unpaired) electrons. The van der Waals surface area contributed by atoms with Crippen LogP contribution in [0.5, 0.6) is 0 Å². The predicted octanol–water partition coefficient (Wildman–Crippen LogP) is 1.04. The monoisotopic (exact) mass is 236 g/mol. The molecule has 1 aromatic heterocycles. The summed E-state index contributed by atoms with van der Waals surface area (Å²) in [6, 6.07) is 0. The fraction of sp³-hybridized carbons (Fsp3) is 0.833. The molecule has 5 heteroatoms. The van der Waals surface area contributed by atoms with Crippen LogP contribution in [0.25, 0.3) is 0 Å². The van der Waals surface area contributed by atoms with Gasteiger partial charge in [0, 0.05) is 13.1 Å². The van der Waals surface area contributed by atoms with E-state index in [4.69, 9.17) is 4.52 Å². The maximum absolute atomic E-state index is 4.79. The van der Waals surface area contributed by atoms with E-state index in [0.717, 1.165) is 18.9 Å². The number of hydrogen-bond donors (Lipinski definition) is 1. The number of piperidine rings is 2.